The number of rotatable bonds is 4. The summed E-state index contributed by atoms with van der Waals surface area (Å²) < 4.78 is 1.06. The number of hydrogen-bond acceptors (Lipinski definition) is 3. The van der Waals surface area contributed by atoms with Crippen LogP contribution in [-0.2, 0) is 11.2 Å². The third kappa shape index (κ3) is 3.90. The molecule has 0 amide bonds. The van der Waals surface area contributed by atoms with E-state index in [0.717, 1.165) is 22.2 Å². The molecule has 0 saturated heterocycles. The van der Waals surface area contributed by atoms with Gasteiger partial charge in [-0.15, -0.1) is 11.3 Å². The molecule has 0 aromatic carbocycles. The number of Topliss-reactive ketones (excluding diaryl/α,β-unsaturated/α-hetero) is 1. The molecule has 4 heteroatoms. The Hall–Kier alpha value is -0.190. The van der Waals surface area contributed by atoms with Crippen LogP contribution in [0.5, 0.6) is 0 Å². The molecule has 1 aliphatic carbocycles. The van der Waals surface area contributed by atoms with E-state index in [0.29, 0.717) is 12.8 Å². The van der Waals surface area contributed by atoms with Crippen molar-refractivity contribution in [2.75, 3.05) is 0 Å². The van der Waals surface area contributed by atoms with Gasteiger partial charge in [0, 0.05) is 33.1 Å². The summed E-state index contributed by atoms with van der Waals surface area (Å²) in [4.78, 5) is 13.1. The van der Waals surface area contributed by atoms with Crippen LogP contribution in [0.1, 0.15) is 43.4 Å². The molecule has 1 fully saturated rings. The van der Waals surface area contributed by atoms with Gasteiger partial charge in [-0.2, -0.15) is 0 Å². The maximum absolute atomic E-state index is 12.0. The predicted molar refractivity (Wildman–Crippen MR) is 75.4 cm³/mol. The second kappa shape index (κ2) is 5.63. The normalized spacial score (nSPS) is 19.2. The Morgan fingerprint density at radius 2 is 2.12 bits per heavy atom. The van der Waals surface area contributed by atoms with Crippen LogP contribution in [0.4, 0.5) is 0 Å². The average Bonchev–Trinajstić information content (AvgIpc) is 2.63. The van der Waals surface area contributed by atoms with Gasteiger partial charge in [-0.3, -0.25) is 4.79 Å². The minimum Gasteiger partial charge on any atom is -0.325 e. The maximum Gasteiger partial charge on any atom is 0.139 e. The summed E-state index contributed by atoms with van der Waals surface area (Å²) in [5, 5.41) is 2.02. The lowest BCUT2D eigenvalue weighted by molar-refractivity contribution is -0.119. The molecular weight excluding hydrogens is 298 g/mol. The number of carbonyl (C=O) groups excluding carboxylic acids is 1. The van der Waals surface area contributed by atoms with Gasteiger partial charge >= 0.3 is 0 Å². The van der Waals surface area contributed by atoms with Gasteiger partial charge in [-0.25, -0.2) is 0 Å². The molecule has 1 aliphatic rings. The average molecular weight is 316 g/mol. The molecule has 0 atom stereocenters. The van der Waals surface area contributed by atoms with Crippen LogP contribution in [0.15, 0.2) is 15.9 Å². The fourth-order valence-electron chi connectivity index (χ4n) is 2.53. The molecule has 94 valence electrons. The Morgan fingerprint density at radius 1 is 1.41 bits per heavy atom. The molecule has 2 nitrogen and oxygen atoms in total. The third-order valence-corrected chi connectivity index (χ3v) is 5.09. The first-order valence-electron chi connectivity index (χ1n) is 6.11. The lowest BCUT2D eigenvalue weighted by Crippen LogP contribution is -2.43. The van der Waals surface area contributed by atoms with E-state index in [9.17, 15) is 4.79 Å². The number of carbonyl (C=O) groups is 1. The van der Waals surface area contributed by atoms with Crippen LogP contribution in [0.2, 0.25) is 0 Å². The number of nitrogens with two attached hydrogens (primary N) is 1. The first kappa shape index (κ1) is 13.2. The van der Waals surface area contributed by atoms with E-state index in [4.69, 9.17) is 5.73 Å². The van der Waals surface area contributed by atoms with Crippen LogP contribution in [0.3, 0.4) is 0 Å². The topological polar surface area (TPSA) is 43.1 Å². The zero-order valence-electron chi connectivity index (χ0n) is 9.88. The summed E-state index contributed by atoms with van der Waals surface area (Å²) in [7, 11) is 0. The van der Waals surface area contributed by atoms with Gasteiger partial charge in [0.2, 0.25) is 0 Å². The molecule has 1 aromatic rings. The Bertz CT molecular complexity index is 396. The minimum absolute atomic E-state index is 0.218. The molecule has 2 rings (SSSR count). The molecule has 2 N–H and O–H groups in total. The van der Waals surface area contributed by atoms with E-state index >= 15 is 0 Å². The van der Waals surface area contributed by atoms with Gasteiger partial charge in [0.15, 0.2) is 0 Å². The lowest BCUT2D eigenvalue weighted by Gasteiger charge is -2.32. The molecule has 0 spiro atoms. The largest absolute Gasteiger partial charge is 0.325 e. The van der Waals surface area contributed by atoms with Crippen LogP contribution in [0.25, 0.3) is 0 Å². The highest BCUT2D eigenvalue weighted by Gasteiger charge is 2.29. The molecule has 0 aliphatic heterocycles. The quantitative estimate of drug-likeness (QED) is 0.921. The number of thiophene rings is 1. The van der Waals surface area contributed by atoms with Crippen LogP contribution >= 0.6 is 27.3 Å². The number of ketones is 1. The molecule has 1 saturated carbocycles. The second-order valence-electron chi connectivity index (χ2n) is 5.05. The highest BCUT2D eigenvalue weighted by Crippen LogP contribution is 2.29. The molecule has 17 heavy (non-hydrogen) atoms. The Morgan fingerprint density at radius 3 is 2.71 bits per heavy atom. The smallest absolute Gasteiger partial charge is 0.139 e. The Labute approximate surface area is 115 Å². The summed E-state index contributed by atoms with van der Waals surface area (Å²) >= 11 is 5.04. The molecular formula is C13H18BrNOS. The zero-order chi connectivity index (χ0) is 12.3. The van der Waals surface area contributed by atoms with Crippen molar-refractivity contribution in [1.29, 1.82) is 0 Å². The highest BCUT2D eigenvalue weighted by atomic mass is 79.9. The standard InChI is InChI=1S/C13H18BrNOS/c14-10-6-12(17-9-10)7-11(16)8-13(15)4-2-1-3-5-13/h6,9H,1-5,7-8,15H2. The SMILES string of the molecule is NC1(CC(=O)Cc2cc(Br)cs2)CCCCC1. The Balaban J connectivity index is 1.88. The van der Waals surface area contributed by atoms with E-state index in [-0.39, 0.29) is 11.3 Å². The van der Waals surface area contributed by atoms with Gasteiger partial charge in [-0.1, -0.05) is 19.3 Å². The van der Waals surface area contributed by atoms with Crippen LogP contribution < -0.4 is 5.73 Å². The predicted octanol–water partition coefficient (Wildman–Crippen LogP) is 3.67. The fourth-order valence-corrected chi connectivity index (χ4v) is 4.01. The van der Waals surface area contributed by atoms with Crippen molar-refractivity contribution in [1.82, 2.24) is 0 Å². The van der Waals surface area contributed by atoms with Crippen molar-refractivity contribution >= 4 is 33.0 Å². The van der Waals surface area contributed by atoms with Crippen molar-refractivity contribution in [3.05, 3.63) is 20.8 Å². The van der Waals surface area contributed by atoms with Crippen molar-refractivity contribution in [2.24, 2.45) is 5.73 Å². The van der Waals surface area contributed by atoms with E-state index < -0.39 is 0 Å². The summed E-state index contributed by atoms with van der Waals surface area (Å²) in [5.41, 5.74) is 6.07. The molecule has 1 heterocycles. The third-order valence-electron chi connectivity index (χ3n) is 3.39. The molecule has 0 radical (unpaired) electrons. The van der Waals surface area contributed by atoms with E-state index in [2.05, 4.69) is 15.9 Å². The van der Waals surface area contributed by atoms with Gasteiger partial charge < -0.3 is 5.73 Å². The van der Waals surface area contributed by atoms with Gasteiger partial charge in [0.1, 0.15) is 5.78 Å². The first-order chi connectivity index (χ1) is 8.07. The molecule has 1 aromatic heterocycles. The maximum atomic E-state index is 12.0. The van der Waals surface area contributed by atoms with Crippen molar-refractivity contribution in [3.8, 4) is 0 Å². The van der Waals surface area contributed by atoms with Crippen molar-refractivity contribution in [2.45, 2.75) is 50.5 Å². The molecule has 0 unspecified atom stereocenters. The summed E-state index contributed by atoms with van der Waals surface area (Å²) in [6.45, 7) is 0. The monoisotopic (exact) mass is 315 g/mol. The van der Waals surface area contributed by atoms with Gasteiger partial charge in [0.25, 0.3) is 0 Å². The summed E-state index contributed by atoms with van der Waals surface area (Å²) in [6.07, 6.45) is 6.71. The summed E-state index contributed by atoms with van der Waals surface area (Å²) in [5.74, 6) is 0.281. The van der Waals surface area contributed by atoms with Gasteiger partial charge in [0.05, 0.1) is 0 Å². The van der Waals surface area contributed by atoms with Gasteiger partial charge in [-0.05, 0) is 34.8 Å². The van der Waals surface area contributed by atoms with Crippen LogP contribution in [-0.4, -0.2) is 11.3 Å². The highest BCUT2D eigenvalue weighted by molar-refractivity contribution is 9.10. The second-order valence-corrected chi connectivity index (χ2v) is 6.96. The van der Waals surface area contributed by atoms with Crippen molar-refractivity contribution in [3.63, 3.8) is 0 Å². The number of halogens is 1. The van der Waals surface area contributed by atoms with Crippen molar-refractivity contribution < 1.29 is 4.79 Å². The van der Waals surface area contributed by atoms with E-state index in [1.54, 1.807) is 11.3 Å². The minimum atomic E-state index is -0.218. The van der Waals surface area contributed by atoms with E-state index in [1.165, 1.54) is 19.3 Å². The van der Waals surface area contributed by atoms with E-state index in [1.807, 2.05) is 11.4 Å². The fraction of sp³-hybridized carbons (Fsp3) is 0.615. The first-order valence-corrected chi connectivity index (χ1v) is 7.78. The lowest BCUT2D eigenvalue weighted by atomic mass is 9.79. The number of hydrogen-bond donors (Lipinski definition) is 1. The Kier molecular flexibility index (Phi) is 4.39. The zero-order valence-corrected chi connectivity index (χ0v) is 12.3. The summed E-state index contributed by atoms with van der Waals surface area (Å²) in [6, 6.07) is 2.02. The van der Waals surface area contributed by atoms with Crippen LogP contribution in [0, 0.1) is 0 Å². The molecule has 0 bridgehead atoms.